The molecule has 0 aliphatic carbocycles. The molecule has 1 N–H and O–H groups in total. The summed E-state index contributed by atoms with van der Waals surface area (Å²) in [5.41, 5.74) is 1.37. The molecule has 1 aromatic heterocycles. The first kappa shape index (κ1) is 17.2. The molecule has 0 unspecified atom stereocenters. The minimum Gasteiger partial charge on any atom is -0.478 e. The van der Waals surface area contributed by atoms with E-state index in [0.717, 1.165) is 21.6 Å². The standard InChI is InChI=1S/C18H17FN2O3S/c1-3-14(24-15-7-5-4-6-12(15)19)17(22)20-11-8-9-13-16(10-11)25-18(23)21(13)2/h4-10,14H,3H2,1-2H3,(H,20,22)/t14-/m1/s1. The number of benzene rings is 2. The molecule has 0 aliphatic heterocycles. The molecule has 0 radical (unpaired) electrons. The number of aryl methyl sites for hydroxylation is 1. The van der Waals surface area contributed by atoms with Gasteiger partial charge in [-0.05, 0) is 36.8 Å². The van der Waals surface area contributed by atoms with Crippen LogP contribution in [0.2, 0.25) is 0 Å². The average Bonchev–Trinajstić information content (AvgIpc) is 2.88. The Morgan fingerprint density at radius 1 is 1.32 bits per heavy atom. The number of fused-ring (bicyclic) bond motifs is 1. The predicted molar refractivity (Wildman–Crippen MR) is 96.8 cm³/mol. The fourth-order valence-electron chi connectivity index (χ4n) is 2.45. The van der Waals surface area contributed by atoms with Gasteiger partial charge in [-0.3, -0.25) is 9.59 Å². The Kier molecular flexibility index (Phi) is 4.85. The van der Waals surface area contributed by atoms with Crippen molar-refractivity contribution in [3.8, 4) is 5.75 Å². The van der Waals surface area contributed by atoms with Crippen molar-refractivity contribution in [3.63, 3.8) is 0 Å². The van der Waals surface area contributed by atoms with Crippen molar-refractivity contribution in [2.24, 2.45) is 7.05 Å². The number of aromatic nitrogens is 1. The van der Waals surface area contributed by atoms with Crippen molar-refractivity contribution in [1.82, 2.24) is 4.57 Å². The van der Waals surface area contributed by atoms with Crippen molar-refractivity contribution in [3.05, 3.63) is 57.9 Å². The van der Waals surface area contributed by atoms with E-state index >= 15 is 0 Å². The summed E-state index contributed by atoms with van der Waals surface area (Å²) in [4.78, 5) is 24.1. The molecule has 7 heteroatoms. The highest BCUT2D eigenvalue weighted by Gasteiger charge is 2.20. The number of hydrogen-bond donors (Lipinski definition) is 1. The van der Waals surface area contributed by atoms with Crippen LogP contribution in [-0.4, -0.2) is 16.6 Å². The number of nitrogens with zero attached hydrogens (tertiary/aromatic N) is 1. The van der Waals surface area contributed by atoms with Crippen molar-refractivity contribution in [2.75, 3.05) is 5.32 Å². The van der Waals surface area contributed by atoms with Crippen LogP contribution in [0.15, 0.2) is 47.3 Å². The van der Waals surface area contributed by atoms with Gasteiger partial charge in [-0.15, -0.1) is 0 Å². The summed E-state index contributed by atoms with van der Waals surface area (Å²) in [6.07, 6.45) is -0.428. The molecule has 0 saturated heterocycles. The van der Waals surface area contributed by atoms with Crippen LogP contribution >= 0.6 is 11.3 Å². The lowest BCUT2D eigenvalue weighted by Crippen LogP contribution is -2.32. The maximum Gasteiger partial charge on any atom is 0.307 e. The quantitative estimate of drug-likeness (QED) is 0.757. The number of thiazole rings is 1. The molecular weight excluding hydrogens is 343 g/mol. The molecule has 130 valence electrons. The minimum absolute atomic E-state index is 0.0428. The van der Waals surface area contributed by atoms with Gasteiger partial charge in [-0.2, -0.15) is 0 Å². The summed E-state index contributed by atoms with van der Waals surface area (Å²) in [7, 11) is 1.70. The molecule has 25 heavy (non-hydrogen) atoms. The van der Waals surface area contributed by atoms with Gasteiger partial charge >= 0.3 is 4.87 Å². The first-order chi connectivity index (χ1) is 12.0. The number of anilines is 1. The van der Waals surface area contributed by atoms with Gasteiger partial charge in [-0.25, -0.2) is 4.39 Å². The summed E-state index contributed by atoms with van der Waals surface area (Å²) >= 11 is 1.11. The Hall–Kier alpha value is -2.67. The predicted octanol–water partition coefficient (Wildman–Crippen LogP) is 3.54. The van der Waals surface area contributed by atoms with Crippen LogP contribution in [0.3, 0.4) is 0 Å². The number of amides is 1. The number of rotatable bonds is 5. The van der Waals surface area contributed by atoms with Crippen molar-refractivity contribution >= 4 is 33.1 Å². The molecule has 1 atom stereocenters. The van der Waals surface area contributed by atoms with Gasteiger partial charge in [0.05, 0.1) is 10.2 Å². The minimum atomic E-state index is -0.817. The largest absolute Gasteiger partial charge is 0.478 e. The molecule has 3 aromatic rings. The molecule has 5 nitrogen and oxygen atoms in total. The van der Waals surface area contributed by atoms with E-state index in [4.69, 9.17) is 4.74 Å². The van der Waals surface area contributed by atoms with Gasteiger partial charge in [0.15, 0.2) is 17.7 Å². The summed E-state index contributed by atoms with van der Waals surface area (Å²) in [6, 6.07) is 11.2. The van der Waals surface area contributed by atoms with Gasteiger partial charge in [0.2, 0.25) is 0 Å². The lowest BCUT2D eigenvalue weighted by molar-refractivity contribution is -0.122. The summed E-state index contributed by atoms with van der Waals surface area (Å²) in [5.74, 6) is -0.834. The molecule has 2 aromatic carbocycles. The van der Waals surface area contributed by atoms with Crippen LogP contribution in [-0.2, 0) is 11.8 Å². The number of halogens is 1. The molecule has 1 amide bonds. The van der Waals surface area contributed by atoms with E-state index in [2.05, 4.69) is 5.32 Å². The van der Waals surface area contributed by atoms with E-state index in [1.165, 1.54) is 12.1 Å². The SMILES string of the molecule is CC[C@@H](Oc1ccccc1F)C(=O)Nc1ccc2c(c1)sc(=O)n2C. The third kappa shape index (κ3) is 3.56. The van der Waals surface area contributed by atoms with Crippen LogP contribution in [0.1, 0.15) is 13.3 Å². The third-order valence-electron chi connectivity index (χ3n) is 3.83. The number of carbonyl (C=O) groups excluding carboxylic acids is 1. The Balaban J connectivity index is 1.78. The molecule has 0 aliphatic rings. The molecule has 0 fully saturated rings. The van der Waals surface area contributed by atoms with Gasteiger partial charge < -0.3 is 14.6 Å². The van der Waals surface area contributed by atoms with E-state index < -0.39 is 11.9 Å². The molecule has 3 rings (SSSR count). The van der Waals surface area contributed by atoms with Gasteiger partial charge in [0.25, 0.3) is 5.91 Å². The maximum absolute atomic E-state index is 13.7. The molecular formula is C18H17FN2O3S. The lowest BCUT2D eigenvalue weighted by Gasteiger charge is -2.17. The van der Waals surface area contributed by atoms with Crippen LogP contribution < -0.4 is 14.9 Å². The van der Waals surface area contributed by atoms with Crippen LogP contribution in [0.25, 0.3) is 10.2 Å². The first-order valence-corrected chi connectivity index (χ1v) is 8.63. The number of para-hydroxylation sites is 1. The highest BCUT2D eigenvalue weighted by atomic mass is 32.1. The summed E-state index contributed by atoms with van der Waals surface area (Å²) in [5, 5.41) is 2.76. The van der Waals surface area contributed by atoms with Crippen LogP contribution in [0, 0.1) is 5.82 Å². The second-order valence-electron chi connectivity index (χ2n) is 5.54. The summed E-state index contributed by atoms with van der Waals surface area (Å²) < 4.78 is 21.5. The van der Waals surface area contributed by atoms with Crippen molar-refractivity contribution in [1.29, 1.82) is 0 Å². The van der Waals surface area contributed by atoms with Crippen LogP contribution in [0.4, 0.5) is 10.1 Å². The Bertz CT molecular complexity index is 980. The fourth-order valence-corrected chi connectivity index (χ4v) is 3.37. The van der Waals surface area contributed by atoms with E-state index in [9.17, 15) is 14.0 Å². The second-order valence-corrected chi connectivity index (χ2v) is 6.54. The Labute approximate surface area is 147 Å². The van der Waals surface area contributed by atoms with E-state index in [-0.39, 0.29) is 16.5 Å². The highest BCUT2D eigenvalue weighted by Crippen LogP contribution is 2.22. The smallest absolute Gasteiger partial charge is 0.307 e. The highest BCUT2D eigenvalue weighted by molar-refractivity contribution is 7.16. The van der Waals surface area contributed by atoms with E-state index in [1.54, 1.807) is 48.9 Å². The fraction of sp³-hybridized carbons (Fsp3) is 0.222. The Morgan fingerprint density at radius 3 is 2.80 bits per heavy atom. The van der Waals surface area contributed by atoms with Gasteiger partial charge in [0, 0.05) is 12.7 Å². The zero-order valence-electron chi connectivity index (χ0n) is 13.8. The van der Waals surface area contributed by atoms with E-state index in [0.29, 0.717) is 12.1 Å². The lowest BCUT2D eigenvalue weighted by atomic mass is 10.2. The van der Waals surface area contributed by atoms with Gasteiger partial charge in [0.1, 0.15) is 0 Å². The third-order valence-corrected chi connectivity index (χ3v) is 4.82. The Morgan fingerprint density at radius 2 is 2.08 bits per heavy atom. The second kappa shape index (κ2) is 7.06. The summed E-state index contributed by atoms with van der Waals surface area (Å²) in [6.45, 7) is 1.79. The monoisotopic (exact) mass is 360 g/mol. The number of hydrogen-bond acceptors (Lipinski definition) is 4. The number of ether oxygens (including phenoxy) is 1. The maximum atomic E-state index is 13.7. The number of nitrogens with one attached hydrogen (secondary N) is 1. The van der Waals surface area contributed by atoms with Gasteiger partial charge in [-0.1, -0.05) is 30.4 Å². The molecule has 0 bridgehead atoms. The zero-order chi connectivity index (χ0) is 18.0. The average molecular weight is 360 g/mol. The normalized spacial score (nSPS) is 12.1. The number of carbonyl (C=O) groups is 1. The molecule has 0 spiro atoms. The zero-order valence-corrected chi connectivity index (χ0v) is 14.6. The van der Waals surface area contributed by atoms with Crippen molar-refractivity contribution < 1.29 is 13.9 Å². The molecule has 0 saturated carbocycles. The first-order valence-electron chi connectivity index (χ1n) is 7.81. The van der Waals surface area contributed by atoms with Crippen molar-refractivity contribution in [2.45, 2.75) is 19.4 Å². The van der Waals surface area contributed by atoms with Crippen LogP contribution in [0.5, 0.6) is 5.75 Å². The topological polar surface area (TPSA) is 60.3 Å². The van der Waals surface area contributed by atoms with E-state index in [1.807, 2.05) is 0 Å². The molecule has 1 heterocycles.